The van der Waals surface area contributed by atoms with Gasteiger partial charge in [0.05, 0.1) is 0 Å². The van der Waals surface area contributed by atoms with Gasteiger partial charge in [-0.2, -0.15) is 0 Å². The van der Waals surface area contributed by atoms with Crippen LogP contribution in [-0.4, -0.2) is 10.1 Å². The number of hydrogen-bond acceptors (Lipinski definition) is 2. The van der Waals surface area contributed by atoms with Gasteiger partial charge in [-0.05, 0) is 17.2 Å². The predicted octanol–water partition coefficient (Wildman–Crippen LogP) is 2.49. The van der Waals surface area contributed by atoms with E-state index < -0.39 is 0 Å². The first-order valence-corrected chi connectivity index (χ1v) is 5.08. The molecule has 0 radical (unpaired) electrons. The van der Waals surface area contributed by atoms with Crippen molar-refractivity contribution >= 4 is 6.08 Å². The highest BCUT2D eigenvalue weighted by molar-refractivity contribution is 5.78. The van der Waals surface area contributed by atoms with E-state index in [1.807, 2.05) is 24.3 Å². The van der Waals surface area contributed by atoms with Crippen LogP contribution in [0.2, 0.25) is 0 Å². The van der Waals surface area contributed by atoms with Crippen molar-refractivity contribution in [2.75, 3.05) is 0 Å². The van der Waals surface area contributed by atoms with E-state index in [-0.39, 0.29) is 5.75 Å². The molecule has 3 heteroatoms. The molecule has 1 heterocycles. The average Bonchev–Trinajstić information content (AvgIpc) is 2.70. The molecule has 3 nitrogen and oxygen atoms in total. The zero-order chi connectivity index (χ0) is 11.5. The Bertz CT molecular complexity index is 497. The zero-order valence-electron chi connectivity index (χ0n) is 8.90. The first-order chi connectivity index (χ1) is 7.76. The van der Waals surface area contributed by atoms with E-state index in [0.717, 1.165) is 22.4 Å². The van der Waals surface area contributed by atoms with Gasteiger partial charge in [-0.15, -0.1) is 0 Å². The van der Waals surface area contributed by atoms with Gasteiger partial charge >= 0.3 is 0 Å². The van der Waals surface area contributed by atoms with Crippen LogP contribution in [0.1, 0.15) is 11.3 Å². The van der Waals surface area contributed by atoms with Crippen LogP contribution in [0, 0.1) is 0 Å². The molecule has 0 aliphatic heterocycles. The van der Waals surface area contributed by atoms with Crippen molar-refractivity contribution in [3.8, 4) is 16.9 Å². The highest BCUT2D eigenvalue weighted by Gasteiger charge is 2.10. The van der Waals surface area contributed by atoms with Crippen molar-refractivity contribution in [1.29, 1.82) is 0 Å². The fourth-order valence-electron chi connectivity index (χ4n) is 1.70. The Hall–Kier alpha value is -2.00. The Kier molecular flexibility index (Phi) is 2.79. The number of nitrogens with one attached hydrogen (secondary N) is 1. The number of nitrogens with two attached hydrogens (primary N) is 1. The van der Waals surface area contributed by atoms with Gasteiger partial charge in [-0.3, -0.25) is 0 Å². The number of aromatic hydroxyl groups is 1. The van der Waals surface area contributed by atoms with Crippen LogP contribution in [0.3, 0.4) is 0 Å². The average molecular weight is 214 g/mol. The summed E-state index contributed by atoms with van der Waals surface area (Å²) >= 11 is 0. The first-order valence-electron chi connectivity index (χ1n) is 5.08. The molecule has 4 N–H and O–H groups in total. The SMILES string of the molecule is C=Cc1[nH]cc(O)c1-c1ccc(CN)cc1. The molecule has 0 amide bonds. The maximum atomic E-state index is 9.74. The summed E-state index contributed by atoms with van der Waals surface area (Å²) in [6.07, 6.45) is 3.25. The molecule has 82 valence electrons. The lowest BCUT2D eigenvalue weighted by Crippen LogP contribution is -1.95. The van der Waals surface area contributed by atoms with Crippen molar-refractivity contribution in [2.24, 2.45) is 5.73 Å². The molecule has 0 saturated heterocycles. The molecule has 0 saturated carbocycles. The Morgan fingerprint density at radius 2 is 2.00 bits per heavy atom. The van der Waals surface area contributed by atoms with Crippen LogP contribution in [0.15, 0.2) is 37.0 Å². The molecular weight excluding hydrogens is 200 g/mol. The molecule has 0 atom stereocenters. The van der Waals surface area contributed by atoms with E-state index in [2.05, 4.69) is 11.6 Å². The van der Waals surface area contributed by atoms with Crippen LogP contribution in [-0.2, 0) is 6.54 Å². The van der Waals surface area contributed by atoms with Gasteiger partial charge in [0.1, 0.15) is 5.75 Å². The van der Waals surface area contributed by atoms with Crippen molar-refractivity contribution in [3.05, 3.63) is 48.3 Å². The summed E-state index contributed by atoms with van der Waals surface area (Å²) in [4.78, 5) is 2.96. The topological polar surface area (TPSA) is 62.0 Å². The van der Waals surface area contributed by atoms with Gasteiger partial charge in [0.2, 0.25) is 0 Å². The van der Waals surface area contributed by atoms with Gasteiger partial charge in [0.25, 0.3) is 0 Å². The van der Waals surface area contributed by atoms with E-state index in [9.17, 15) is 5.11 Å². The third-order valence-electron chi connectivity index (χ3n) is 2.57. The van der Waals surface area contributed by atoms with Crippen LogP contribution >= 0.6 is 0 Å². The minimum absolute atomic E-state index is 0.232. The van der Waals surface area contributed by atoms with Gasteiger partial charge < -0.3 is 15.8 Å². The molecule has 0 aliphatic rings. The van der Waals surface area contributed by atoms with Crippen LogP contribution in [0.4, 0.5) is 0 Å². The summed E-state index contributed by atoms with van der Waals surface area (Å²) in [7, 11) is 0. The Morgan fingerprint density at radius 1 is 1.31 bits per heavy atom. The zero-order valence-corrected chi connectivity index (χ0v) is 8.90. The predicted molar refractivity (Wildman–Crippen MR) is 65.9 cm³/mol. The maximum absolute atomic E-state index is 9.74. The molecule has 0 fully saturated rings. The minimum Gasteiger partial charge on any atom is -0.506 e. The molecule has 1 aromatic carbocycles. The standard InChI is InChI=1S/C13H14N2O/c1-2-11-13(12(16)8-15-11)10-5-3-9(7-14)4-6-10/h2-6,8,15-16H,1,7,14H2. The summed E-state index contributed by atoms with van der Waals surface area (Å²) < 4.78 is 0. The number of aromatic nitrogens is 1. The van der Waals surface area contributed by atoms with E-state index >= 15 is 0 Å². The third kappa shape index (κ3) is 1.73. The first kappa shape index (κ1) is 10.5. The smallest absolute Gasteiger partial charge is 0.141 e. The largest absolute Gasteiger partial charge is 0.506 e. The Labute approximate surface area is 94.2 Å². The van der Waals surface area contributed by atoms with Crippen LogP contribution in [0.25, 0.3) is 17.2 Å². The summed E-state index contributed by atoms with van der Waals surface area (Å²) in [5.74, 6) is 0.232. The quantitative estimate of drug-likeness (QED) is 0.735. The molecule has 0 bridgehead atoms. The molecule has 0 aliphatic carbocycles. The summed E-state index contributed by atoms with van der Waals surface area (Å²) in [5.41, 5.74) is 9.15. The second-order valence-corrected chi connectivity index (χ2v) is 3.57. The van der Waals surface area contributed by atoms with Crippen molar-refractivity contribution in [3.63, 3.8) is 0 Å². The van der Waals surface area contributed by atoms with Gasteiger partial charge in [-0.1, -0.05) is 30.8 Å². The van der Waals surface area contributed by atoms with E-state index in [1.54, 1.807) is 12.3 Å². The van der Waals surface area contributed by atoms with Crippen molar-refractivity contribution < 1.29 is 5.11 Å². The molecule has 16 heavy (non-hydrogen) atoms. The normalized spacial score (nSPS) is 10.3. The number of aromatic amines is 1. The number of rotatable bonds is 3. The highest BCUT2D eigenvalue weighted by atomic mass is 16.3. The second-order valence-electron chi connectivity index (χ2n) is 3.57. The monoisotopic (exact) mass is 214 g/mol. The van der Waals surface area contributed by atoms with Crippen molar-refractivity contribution in [2.45, 2.75) is 6.54 Å². The molecule has 1 aromatic heterocycles. The van der Waals surface area contributed by atoms with Crippen LogP contribution in [0.5, 0.6) is 5.75 Å². The highest BCUT2D eigenvalue weighted by Crippen LogP contribution is 2.33. The molecule has 2 aromatic rings. The summed E-state index contributed by atoms with van der Waals surface area (Å²) in [5, 5.41) is 9.74. The van der Waals surface area contributed by atoms with Crippen LogP contribution < -0.4 is 5.73 Å². The Balaban J connectivity index is 2.49. The molecule has 2 rings (SSSR count). The fourth-order valence-corrected chi connectivity index (χ4v) is 1.70. The second kappa shape index (κ2) is 4.24. The number of hydrogen-bond donors (Lipinski definition) is 3. The third-order valence-corrected chi connectivity index (χ3v) is 2.57. The van der Waals surface area contributed by atoms with E-state index in [0.29, 0.717) is 6.54 Å². The molecule has 0 spiro atoms. The molecule has 0 unspecified atom stereocenters. The lowest BCUT2D eigenvalue weighted by molar-refractivity contribution is 0.478. The van der Waals surface area contributed by atoms with E-state index in [4.69, 9.17) is 5.73 Å². The fraction of sp³-hybridized carbons (Fsp3) is 0.0769. The van der Waals surface area contributed by atoms with Gasteiger partial charge in [-0.25, -0.2) is 0 Å². The lowest BCUT2D eigenvalue weighted by atomic mass is 10.0. The summed E-state index contributed by atoms with van der Waals surface area (Å²) in [6.45, 7) is 4.22. The number of H-pyrrole nitrogens is 1. The maximum Gasteiger partial charge on any atom is 0.141 e. The number of benzene rings is 1. The minimum atomic E-state index is 0.232. The van der Waals surface area contributed by atoms with Crippen molar-refractivity contribution in [1.82, 2.24) is 4.98 Å². The Morgan fingerprint density at radius 3 is 2.56 bits per heavy atom. The summed E-state index contributed by atoms with van der Waals surface area (Å²) in [6, 6.07) is 7.79. The lowest BCUT2D eigenvalue weighted by Gasteiger charge is -2.03. The van der Waals surface area contributed by atoms with Gasteiger partial charge in [0, 0.05) is 24.0 Å². The van der Waals surface area contributed by atoms with Gasteiger partial charge in [0.15, 0.2) is 0 Å². The molecular formula is C13H14N2O. The van der Waals surface area contributed by atoms with E-state index in [1.165, 1.54) is 0 Å².